The molecule has 18 heavy (non-hydrogen) atoms. The van der Waals surface area contributed by atoms with Crippen molar-refractivity contribution in [2.45, 2.75) is 13.0 Å². The Hall–Kier alpha value is -0.820. The highest BCUT2D eigenvalue weighted by atomic mass is 127. The fourth-order valence-electron chi connectivity index (χ4n) is 2.13. The van der Waals surface area contributed by atoms with Crippen molar-refractivity contribution in [3.8, 4) is 0 Å². The lowest BCUT2D eigenvalue weighted by Crippen LogP contribution is -2.46. The van der Waals surface area contributed by atoms with Gasteiger partial charge in [-0.25, -0.2) is 0 Å². The Morgan fingerprint density at radius 3 is 2.83 bits per heavy atom. The summed E-state index contributed by atoms with van der Waals surface area (Å²) in [6.45, 7) is 4.38. The molecule has 4 nitrogen and oxygen atoms in total. The van der Waals surface area contributed by atoms with Crippen molar-refractivity contribution in [1.82, 2.24) is 4.90 Å². The fraction of sp³-hybridized carbons (Fsp3) is 0.462. The Kier molecular flexibility index (Phi) is 5.87. The number of ether oxygens (including phenoxy) is 1. The van der Waals surface area contributed by atoms with E-state index in [1.165, 1.54) is 11.1 Å². The first-order valence-electron chi connectivity index (χ1n) is 5.86. The first-order chi connectivity index (χ1) is 8.22. The summed E-state index contributed by atoms with van der Waals surface area (Å²) in [7, 11) is 1.72. The normalized spacial score (nSPS) is 20.4. The smallest absolute Gasteiger partial charge is 0.191 e. The number of guanidine groups is 1. The third-order valence-corrected chi connectivity index (χ3v) is 3.15. The Balaban J connectivity index is 0.00000162. The van der Waals surface area contributed by atoms with E-state index in [4.69, 9.17) is 10.5 Å². The first-order valence-corrected chi connectivity index (χ1v) is 5.86. The van der Waals surface area contributed by atoms with Crippen molar-refractivity contribution in [2.24, 2.45) is 10.7 Å². The van der Waals surface area contributed by atoms with Gasteiger partial charge in [-0.1, -0.05) is 24.3 Å². The molecule has 1 saturated heterocycles. The molecule has 0 amide bonds. The molecule has 1 atom stereocenters. The number of hydrogen-bond acceptors (Lipinski definition) is 2. The number of nitrogens with two attached hydrogens (primary N) is 1. The first kappa shape index (κ1) is 15.2. The highest BCUT2D eigenvalue weighted by Gasteiger charge is 2.23. The molecule has 0 radical (unpaired) electrons. The molecule has 0 aromatic heterocycles. The minimum absolute atomic E-state index is 0. The Labute approximate surface area is 125 Å². The molecule has 2 rings (SSSR count). The zero-order valence-corrected chi connectivity index (χ0v) is 13.1. The molecule has 5 heteroatoms. The molecular weight excluding hydrogens is 341 g/mol. The van der Waals surface area contributed by atoms with Crippen molar-refractivity contribution >= 4 is 29.9 Å². The maximum Gasteiger partial charge on any atom is 0.191 e. The third-order valence-electron chi connectivity index (χ3n) is 3.15. The van der Waals surface area contributed by atoms with Gasteiger partial charge in [0.1, 0.15) is 6.10 Å². The maximum absolute atomic E-state index is 5.85. The lowest BCUT2D eigenvalue weighted by molar-refractivity contribution is -0.00762. The van der Waals surface area contributed by atoms with Crippen LogP contribution in [0.25, 0.3) is 0 Å². The zero-order valence-electron chi connectivity index (χ0n) is 10.8. The molecule has 1 aromatic carbocycles. The summed E-state index contributed by atoms with van der Waals surface area (Å²) >= 11 is 0. The molecule has 2 N–H and O–H groups in total. The topological polar surface area (TPSA) is 50.8 Å². The predicted octanol–water partition coefficient (Wildman–Crippen LogP) is 1.93. The van der Waals surface area contributed by atoms with E-state index in [-0.39, 0.29) is 30.1 Å². The van der Waals surface area contributed by atoms with E-state index in [9.17, 15) is 0 Å². The van der Waals surface area contributed by atoms with E-state index >= 15 is 0 Å². The van der Waals surface area contributed by atoms with Gasteiger partial charge in [0.15, 0.2) is 5.96 Å². The van der Waals surface area contributed by atoms with E-state index in [0.29, 0.717) is 12.6 Å². The van der Waals surface area contributed by atoms with Crippen LogP contribution in [-0.4, -0.2) is 37.6 Å². The fourth-order valence-corrected chi connectivity index (χ4v) is 2.13. The monoisotopic (exact) mass is 361 g/mol. The number of benzene rings is 1. The predicted molar refractivity (Wildman–Crippen MR) is 84.4 cm³/mol. The van der Waals surface area contributed by atoms with Crippen LogP contribution in [-0.2, 0) is 4.74 Å². The summed E-state index contributed by atoms with van der Waals surface area (Å²) < 4.78 is 5.82. The van der Waals surface area contributed by atoms with Crippen LogP contribution >= 0.6 is 24.0 Å². The van der Waals surface area contributed by atoms with Gasteiger partial charge < -0.3 is 15.4 Å². The SMILES string of the molecule is CN=C(N)N1CCOC(c2ccccc2C)C1.I. The van der Waals surface area contributed by atoms with E-state index in [2.05, 4.69) is 28.9 Å². The molecule has 100 valence electrons. The Morgan fingerprint density at radius 1 is 1.44 bits per heavy atom. The maximum atomic E-state index is 5.85. The van der Waals surface area contributed by atoms with Gasteiger partial charge >= 0.3 is 0 Å². The number of aryl methyl sites for hydroxylation is 1. The van der Waals surface area contributed by atoms with Crippen LogP contribution in [0, 0.1) is 6.92 Å². The Bertz CT molecular complexity index is 422. The summed E-state index contributed by atoms with van der Waals surface area (Å²) in [6.07, 6.45) is 0.0882. The van der Waals surface area contributed by atoms with Crippen LogP contribution in [0.1, 0.15) is 17.2 Å². The largest absolute Gasteiger partial charge is 0.370 e. The molecule has 1 unspecified atom stereocenters. The van der Waals surface area contributed by atoms with Crippen LogP contribution in [0.5, 0.6) is 0 Å². The van der Waals surface area contributed by atoms with Gasteiger partial charge in [0.05, 0.1) is 13.2 Å². The zero-order chi connectivity index (χ0) is 12.3. The molecule has 1 aliphatic rings. The van der Waals surface area contributed by atoms with Crippen LogP contribution in [0.15, 0.2) is 29.3 Å². The van der Waals surface area contributed by atoms with Crippen LogP contribution in [0.3, 0.4) is 0 Å². The van der Waals surface area contributed by atoms with Crippen molar-refractivity contribution in [2.75, 3.05) is 26.7 Å². The molecule has 0 saturated carbocycles. The van der Waals surface area contributed by atoms with E-state index < -0.39 is 0 Å². The number of halogens is 1. The van der Waals surface area contributed by atoms with Crippen molar-refractivity contribution < 1.29 is 4.74 Å². The number of aliphatic imine (C=N–C) groups is 1. The lowest BCUT2D eigenvalue weighted by Gasteiger charge is -2.34. The average Bonchev–Trinajstić information content (AvgIpc) is 2.38. The van der Waals surface area contributed by atoms with E-state index in [1.807, 2.05) is 12.1 Å². The lowest BCUT2D eigenvalue weighted by atomic mass is 10.0. The second kappa shape index (κ2) is 6.94. The second-order valence-electron chi connectivity index (χ2n) is 4.24. The molecule has 1 heterocycles. The molecular formula is C13H20IN3O. The van der Waals surface area contributed by atoms with Gasteiger partial charge in [-0.3, -0.25) is 4.99 Å². The van der Waals surface area contributed by atoms with Gasteiger partial charge in [-0.15, -0.1) is 24.0 Å². The van der Waals surface area contributed by atoms with Gasteiger partial charge in [0, 0.05) is 13.6 Å². The summed E-state index contributed by atoms with van der Waals surface area (Å²) in [5.41, 5.74) is 8.34. The number of rotatable bonds is 1. The summed E-state index contributed by atoms with van der Waals surface area (Å²) in [4.78, 5) is 6.10. The van der Waals surface area contributed by atoms with E-state index in [1.54, 1.807) is 7.05 Å². The van der Waals surface area contributed by atoms with E-state index in [0.717, 1.165) is 13.1 Å². The van der Waals surface area contributed by atoms with Gasteiger partial charge in [-0.2, -0.15) is 0 Å². The van der Waals surface area contributed by atoms with Crippen molar-refractivity contribution in [1.29, 1.82) is 0 Å². The highest BCUT2D eigenvalue weighted by Crippen LogP contribution is 2.24. The molecule has 0 bridgehead atoms. The number of hydrogen-bond donors (Lipinski definition) is 1. The molecule has 0 spiro atoms. The molecule has 0 aliphatic carbocycles. The number of nitrogens with zero attached hydrogens (tertiary/aromatic N) is 2. The molecule has 1 aromatic rings. The van der Waals surface area contributed by atoms with Crippen molar-refractivity contribution in [3.05, 3.63) is 35.4 Å². The summed E-state index contributed by atoms with van der Waals surface area (Å²) in [5.74, 6) is 0.590. The van der Waals surface area contributed by atoms with Crippen LogP contribution in [0.4, 0.5) is 0 Å². The average molecular weight is 361 g/mol. The van der Waals surface area contributed by atoms with Crippen LogP contribution in [0.2, 0.25) is 0 Å². The van der Waals surface area contributed by atoms with Crippen LogP contribution < -0.4 is 5.73 Å². The summed E-state index contributed by atoms with van der Waals surface area (Å²) in [5, 5.41) is 0. The molecule has 1 aliphatic heterocycles. The van der Waals surface area contributed by atoms with Gasteiger partial charge in [-0.05, 0) is 18.1 Å². The molecule has 1 fully saturated rings. The minimum atomic E-state index is 0. The second-order valence-corrected chi connectivity index (χ2v) is 4.24. The standard InChI is InChI=1S/C13H19N3O.HI/c1-10-5-3-4-6-11(10)12-9-16(7-8-17-12)13(14)15-2;/h3-6,12H,7-9H2,1-2H3,(H2,14,15);1H. The van der Waals surface area contributed by atoms with Gasteiger partial charge in [0.2, 0.25) is 0 Å². The quantitative estimate of drug-likeness (QED) is 0.473. The van der Waals surface area contributed by atoms with Gasteiger partial charge in [0.25, 0.3) is 0 Å². The highest BCUT2D eigenvalue weighted by molar-refractivity contribution is 14.0. The third kappa shape index (κ3) is 3.35. The minimum Gasteiger partial charge on any atom is -0.370 e. The number of morpholine rings is 1. The summed E-state index contributed by atoms with van der Waals surface area (Å²) in [6, 6.07) is 8.31. The van der Waals surface area contributed by atoms with Crippen molar-refractivity contribution in [3.63, 3.8) is 0 Å². The Morgan fingerprint density at radius 2 is 2.17 bits per heavy atom.